The highest BCUT2D eigenvalue weighted by atomic mass is 32.2. The predicted molar refractivity (Wildman–Crippen MR) is 81.5 cm³/mol. The predicted octanol–water partition coefficient (Wildman–Crippen LogP) is 0.935. The summed E-state index contributed by atoms with van der Waals surface area (Å²) in [6, 6.07) is 3.05. The minimum absolute atomic E-state index is 0.0783. The van der Waals surface area contributed by atoms with E-state index in [9.17, 15) is 36.5 Å². The van der Waals surface area contributed by atoms with Gasteiger partial charge in [0.2, 0.25) is 15.9 Å². The highest BCUT2D eigenvalue weighted by Crippen LogP contribution is 2.28. The minimum atomic E-state index is -4.63. The number of amides is 1. The van der Waals surface area contributed by atoms with Gasteiger partial charge in [-0.2, -0.15) is 17.5 Å². The third-order valence-corrected chi connectivity index (χ3v) is 4.80. The summed E-state index contributed by atoms with van der Waals surface area (Å²) in [4.78, 5) is 21.1. The zero-order valence-electron chi connectivity index (χ0n) is 13.1. The molecule has 0 unspecified atom stereocenters. The Morgan fingerprint density at radius 2 is 1.96 bits per heavy atom. The van der Waals surface area contributed by atoms with Crippen LogP contribution in [0.15, 0.2) is 23.1 Å². The van der Waals surface area contributed by atoms with Gasteiger partial charge >= 0.3 is 6.18 Å². The van der Waals surface area contributed by atoms with Crippen molar-refractivity contribution in [1.82, 2.24) is 9.62 Å². The Hall–Kier alpha value is -2.41. The van der Waals surface area contributed by atoms with Crippen LogP contribution in [-0.2, 0) is 14.8 Å². The largest absolute Gasteiger partial charge is 0.405 e. The van der Waals surface area contributed by atoms with Crippen LogP contribution in [0.1, 0.15) is 0 Å². The monoisotopic (exact) mass is 384 g/mol. The fourth-order valence-electron chi connectivity index (χ4n) is 1.76. The van der Waals surface area contributed by atoms with Crippen LogP contribution in [-0.4, -0.2) is 56.9 Å². The zero-order chi connectivity index (χ0) is 19.4. The standard InChI is InChI=1S/C12H15F3N4O5S/c1-16-9-4-3-8(5-10(9)19(21)22)25(23,24)18(2)6-11(20)17-7-12(13,14)15/h3-5,16H,6-7H2,1-2H3,(H,17,20). The van der Waals surface area contributed by atoms with Gasteiger partial charge in [-0.1, -0.05) is 0 Å². The fourth-order valence-corrected chi connectivity index (χ4v) is 2.90. The molecular weight excluding hydrogens is 369 g/mol. The van der Waals surface area contributed by atoms with Crippen LogP contribution in [0, 0.1) is 10.1 Å². The first kappa shape index (κ1) is 20.6. The molecule has 2 N–H and O–H groups in total. The molecule has 1 aromatic rings. The van der Waals surface area contributed by atoms with Gasteiger partial charge in [-0.15, -0.1) is 0 Å². The van der Waals surface area contributed by atoms with Gasteiger partial charge in [-0.05, 0) is 12.1 Å². The van der Waals surface area contributed by atoms with E-state index in [1.54, 1.807) is 0 Å². The molecular formula is C12H15F3N4O5S. The van der Waals surface area contributed by atoms with Gasteiger partial charge in [0.15, 0.2) is 0 Å². The van der Waals surface area contributed by atoms with Crippen molar-refractivity contribution in [3.8, 4) is 0 Å². The van der Waals surface area contributed by atoms with Crippen molar-refractivity contribution in [2.75, 3.05) is 32.5 Å². The summed E-state index contributed by atoms with van der Waals surface area (Å²) >= 11 is 0. The molecule has 0 aliphatic carbocycles. The number of nitro benzene ring substituents is 1. The number of likely N-dealkylation sites (N-methyl/N-ethyl adjacent to an activating group) is 1. The second-order valence-corrected chi connectivity index (χ2v) is 6.88. The molecule has 0 radical (unpaired) electrons. The molecule has 0 saturated heterocycles. The smallest absolute Gasteiger partial charge is 0.383 e. The SMILES string of the molecule is CNc1ccc(S(=O)(=O)N(C)CC(=O)NCC(F)(F)F)cc1[N+](=O)[O-]. The summed E-state index contributed by atoms with van der Waals surface area (Å²) < 4.78 is 61.2. The van der Waals surface area contributed by atoms with Gasteiger partial charge < -0.3 is 10.6 Å². The third-order valence-electron chi connectivity index (χ3n) is 3.00. The van der Waals surface area contributed by atoms with Crippen LogP contribution >= 0.6 is 0 Å². The Labute approximate surface area is 141 Å². The first-order valence-electron chi connectivity index (χ1n) is 6.64. The Bertz CT molecular complexity index is 767. The molecule has 0 aliphatic heterocycles. The van der Waals surface area contributed by atoms with Crippen molar-refractivity contribution in [3.63, 3.8) is 0 Å². The topological polar surface area (TPSA) is 122 Å². The lowest BCUT2D eigenvalue weighted by molar-refractivity contribution is -0.384. The third kappa shape index (κ3) is 5.56. The molecule has 0 aliphatic rings. The molecule has 13 heteroatoms. The van der Waals surface area contributed by atoms with E-state index < -0.39 is 50.7 Å². The summed E-state index contributed by atoms with van der Waals surface area (Å²) in [7, 11) is -1.93. The van der Waals surface area contributed by atoms with E-state index in [4.69, 9.17) is 0 Å². The van der Waals surface area contributed by atoms with Crippen molar-refractivity contribution >= 4 is 27.3 Å². The van der Waals surface area contributed by atoms with E-state index in [2.05, 4.69) is 5.32 Å². The van der Waals surface area contributed by atoms with Crippen molar-refractivity contribution in [2.24, 2.45) is 0 Å². The number of sulfonamides is 1. The molecule has 1 aromatic carbocycles. The molecule has 0 bridgehead atoms. The molecule has 9 nitrogen and oxygen atoms in total. The summed E-state index contributed by atoms with van der Waals surface area (Å²) in [6.07, 6.45) is -4.63. The molecule has 25 heavy (non-hydrogen) atoms. The number of halogens is 3. The molecule has 0 fully saturated rings. The maximum absolute atomic E-state index is 12.3. The van der Waals surface area contributed by atoms with Crippen LogP contribution in [0.2, 0.25) is 0 Å². The second-order valence-electron chi connectivity index (χ2n) is 4.84. The van der Waals surface area contributed by atoms with E-state index in [0.29, 0.717) is 4.31 Å². The highest BCUT2D eigenvalue weighted by molar-refractivity contribution is 7.89. The Morgan fingerprint density at radius 3 is 2.44 bits per heavy atom. The normalized spacial score (nSPS) is 12.1. The zero-order valence-corrected chi connectivity index (χ0v) is 13.9. The summed E-state index contributed by atoms with van der Waals surface area (Å²) in [5.41, 5.74) is -0.423. The van der Waals surface area contributed by atoms with Crippen LogP contribution in [0.4, 0.5) is 24.5 Å². The van der Waals surface area contributed by atoms with Gasteiger partial charge in [-0.3, -0.25) is 14.9 Å². The maximum Gasteiger partial charge on any atom is 0.405 e. The number of carbonyl (C=O) groups is 1. The average Bonchev–Trinajstić information content (AvgIpc) is 2.51. The summed E-state index contributed by atoms with van der Waals surface area (Å²) in [6.45, 7) is -2.47. The summed E-state index contributed by atoms with van der Waals surface area (Å²) in [5.74, 6) is -1.16. The Morgan fingerprint density at radius 1 is 1.36 bits per heavy atom. The van der Waals surface area contributed by atoms with E-state index in [0.717, 1.165) is 19.2 Å². The average molecular weight is 384 g/mol. The van der Waals surface area contributed by atoms with Crippen LogP contribution in [0.5, 0.6) is 0 Å². The molecule has 1 rings (SSSR count). The molecule has 0 aromatic heterocycles. The quantitative estimate of drug-likeness (QED) is 0.533. The number of benzene rings is 1. The van der Waals surface area contributed by atoms with E-state index in [1.165, 1.54) is 18.4 Å². The second kappa shape index (κ2) is 7.65. The molecule has 0 saturated carbocycles. The van der Waals surface area contributed by atoms with Gasteiger partial charge in [0.1, 0.15) is 12.2 Å². The Kier molecular flexibility index (Phi) is 6.31. The number of nitrogens with one attached hydrogen (secondary N) is 2. The Balaban J connectivity index is 2.98. The first-order chi connectivity index (χ1) is 11.4. The number of alkyl halides is 3. The molecule has 1 amide bonds. The number of hydrogen-bond donors (Lipinski definition) is 2. The first-order valence-corrected chi connectivity index (χ1v) is 8.08. The minimum Gasteiger partial charge on any atom is -0.383 e. The number of rotatable bonds is 7. The van der Waals surface area contributed by atoms with E-state index >= 15 is 0 Å². The van der Waals surface area contributed by atoms with Gasteiger partial charge in [-0.25, -0.2) is 8.42 Å². The molecule has 0 heterocycles. The van der Waals surface area contributed by atoms with Crippen LogP contribution < -0.4 is 10.6 Å². The number of anilines is 1. The van der Waals surface area contributed by atoms with Crippen molar-refractivity contribution in [1.29, 1.82) is 0 Å². The molecule has 140 valence electrons. The molecule has 0 atom stereocenters. The van der Waals surface area contributed by atoms with Gasteiger partial charge in [0.25, 0.3) is 5.69 Å². The van der Waals surface area contributed by atoms with Gasteiger partial charge in [0.05, 0.1) is 16.4 Å². The van der Waals surface area contributed by atoms with Crippen molar-refractivity contribution in [2.45, 2.75) is 11.1 Å². The number of nitrogens with zero attached hydrogens (tertiary/aromatic N) is 2. The summed E-state index contributed by atoms with van der Waals surface area (Å²) in [5, 5.41) is 15.0. The van der Waals surface area contributed by atoms with E-state index in [1.807, 2.05) is 0 Å². The van der Waals surface area contributed by atoms with E-state index in [-0.39, 0.29) is 5.69 Å². The molecule has 0 spiro atoms. The van der Waals surface area contributed by atoms with Crippen molar-refractivity contribution in [3.05, 3.63) is 28.3 Å². The van der Waals surface area contributed by atoms with Crippen molar-refractivity contribution < 1.29 is 31.3 Å². The highest BCUT2D eigenvalue weighted by Gasteiger charge is 2.30. The van der Waals surface area contributed by atoms with Crippen LogP contribution in [0.3, 0.4) is 0 Å². The van der Waals surface area contributed by atoms with Crippen LogP contribution in [0.25, 0.3) is 0 Å². The maximum atomic E-state index is 12.3. The number of hydrogen-bond acceptors (Lipinski definition) is 6. The van der Waals surface area contributed by atoms with Gasteiger partial charge in [0, 0.05) is 20.2 Å². The lowest BCUT2D eigenvalue weighted by Gasteiger charge is -2.17. The number of nitro groups is 1. The number of carbonyl (C=O) groups excluding carboxylic acids is 1. The lowest BCUT2D eigenvalue weighted by Crippen LogP contribution is -2.41. The lowest BCUT2D eigenvalue weighted by atomic mass is 10.3. The fraction of sp³-hybridized carbons (Fsp3) is 0.417.